The number of thioether (sulfide) groups is 1. The van der Waals surface area contributed by atoms with Crippen LogP contribution in [0.15, 0.2) is 47.6 Å². The van der Waals surface area contributed by atoms with Gasteiger partial charge in [-0.25, -0.2) is 9.50 Å². The van der Waals surface area contributed by atoms with Crippen LogP contribution < -0.4 is 4.74 Å². The summed E-state index contributed by atoms with van der Waals surface area (Å²) in [6.45, 7) is 0. The van der Waals surface area contributed by atoms with E-state index in [-0.39, 0.29) is 0 Å². The van der Waals surface area contributed by atoms with Crippen LogP contribution in [0.5, 0.6) is 5.75 Å². The van der Waals surface area contributed by atoms with Gasteiger partial charge in [0.05, 0.1) is 19.0 Å². The summed E-state index contributed by atoms with van der Waals surface area (Å²) in [7, 11) is 1.66. The largest absolute Gasteiger partial charge is 0.497 e. The van der Waals surface area contributed by atoms with Crippen molar-refractivity contribution in [2.45, 2.75) is 5.03 Å². The summed E-state index contributed by atoms with van der Waals surface area (Å²) < 4.78 is 7.04. The Morgan fingerprint density at radius 1 is 1.21 bits per heavy atom. The van der Waals surface area contributed by atoms with Crippen molar-refractivity contribution >= 4 is 17.4 Å². The molecule has 0 amide bonds. The molecule has 0 spiro atoms. The molecule has 0 saturated carbocycles. The molecule has 0 N–H and O–H groups in total. The first-order valence-electron chi connectivity index (χ1n) is 5.85. The van der Waals surface area contributed by atoms with Crippen molar-refractivity contribution in [3.05, 3.63) is 42.6 Å². The van der Waals surface area contributed by atoms with Gasteiger partial charge in [-0.15, -0.1) is 11.8 Å². The van der Waals surface area contributed by atoms with Gasteiger partial charge >= 0.3 is 0 Å². The highest BCUT2D eigenvalue weighted by atomic mass is 32.2. The Morgan fingerprint density at radius 2 is 2.11 bits per heavy atom. The first-order valence-corrected chi connectivity index (χ1v) is 7.07. The topological polar surface area (TPSA) is 39.4 Å². The summed E-state index contributed by atoms with van der Waals surface area (Å²) >= 11 is 1.62. The zero-order valence-corrected chi connectivity index (χ0v) is 11.5. The quantitative estimate of drug-likeness (QED) is 0.686. The lowest BCUT2D eigenvalue weighted by molar-refractivity contribution is 0.415. The van der Waals surface area contributed by atoms with Crippen LogP contribution in [0.2, 0.25) is 0 Å². The van der Waals surface area contributed by atoms with Gasteiger partial charge < -0.3 is 4.74 Å². The third-order valence-electron chi connectivity index (χ3n) is 2.87. The molecule has 96 valence electrons. The van der Waals surface area contributed by atoms with Gasteiger partial charge in [0, 0.05) is 5.56 Å². The van der Waals surface area contributed by atoms with Crippen molar-refractivity contribution < 1.29 is 4.74 Å². The second-order valence-corrected chi connectivity index (χ2v) is 4.86. The number of fused-ring (bicyclic) bond motifs is 1. The molecule has 0 bridgehead atoms. The summed E-state index contributed by atoms with van der Waals surface area (Å²) in [5.74, 6) is 0.826. The van der Waals surface area contributed by atoms with Crippen LogP contribution in [-0.2, 0) is 0 Å². The second-order valence-electron chi connectivity index (χ2n) is 4.04. The zero-order chi connectivity index (χ0) is 13.2. The highest BCUT2D eigenvalue weighted by Crippen LogP contribution is 2.23. The number of hydrogen-bond donors (Lipinski definition) is 0. The number of ether oxygens (including phenoxy) is 1. The third kappa shape index (κ3) is 2.29. The predicted molar refractivity (Wildman–Crippen MR) is 76.8 cm³/mol. The van der Waals surface area contributed by atoms with E-state index in [9.17, 15) is 0 Å². The molecular formula is C14H13N3OS. The van der Waals surface area contributed by atoms with Crippen molar-refractivity contribution in [2.75, 3.05) is 13.4 Å². The van der Waals surface area contributed by atoms with Gasteiger partial charge in [-0.05, 0) is 30.5 Å². The number of nitrogens with zero attached hydrogens (tertiary/aromatic N) is 3. The van der Waals surface area contributed by atoms with Gasteiger partial charge in [0.15, 0.2) is 5.65 Å². The maximum atomic E-state index is 5.23. The normalized spacial score (nSPS) is 10.8. The Labute approximate surface area is 115 Å². The van der Waals surface area contributed by atoms with Gasteiger partial charge in [0.1, 0.15) is 10.8 Å². The summed E-state index contributed by atoms with van der Waals surface area (Å²) in [5.41, 5.74) is 2.76. The Morgan fingerprint density at radius 3 is 2.89 bits per heavy atom. The molecule has 2 heterocycles. The van der Waals surface area contributed by atoms with Crippen LogP contribution in [-0.4, -0.2) is 28.0 Å². The lowest BCUT2D eigenvalue weighted by atomic mass is 10.1. The third-order valence-corrected chi connectivity index (χ3v) is 3.51. The van der Waals surface area contributed by atoms with Crippen LogP contribution in [0.3, 0.4) is 0 Å². The maximum absolute atomic E-state index is 5.23. The molecule has 0 aliphatic heterocycles. The average molecular weight is 271 g/mol. The Kier molecular flexibility index (Phi) is 3.13. The zero-order valence-electron chi connectivity index (χ0n) is 10.7. The molecular weight excluding hydrogens is 258 g/mol. The number of benzene rings is 1. The fraction of sp³-hybridized carbons (Fsp3) is 0.143. The van der Waals surface area contributed by atoms with Gasteiger partial charge in [0.2, 0.25) is 0 Å². The smallest absolute Gasteiger partial charge is 0.154 e. The molecule has 19 heavy (non-hydrogen) atoms. The highest BCUT2D eigenvalue weighted by molar-refractivity contribution is 7.98. The SMILES string of the molecule is COc1cccc(-c2cn3nc(SC)ccc3n2)c1. The Balaban J connectivity index is 2.09. The Hall–Kier alpha value is -2.01. The molecule has 0 fully saturated rings. The van der Waals surface area contributed by atoms with Crippen molar-refractivity contribution in [2.24, 2.45) is 0 Å². The van der Waals surface area contributed by atoms with E-state index in [1.54, 1.807) is 23.4 Å². The number of hydrogen-bond acceptors (Lipinski definition) is 4. The standard InChI is InChI=1S/C14H13N3OS/c1-18-11-5-3-4-10(8-11)12-9-17-13(15-12)6-7-14(16-17)19-2/h3-9H,1-2H3. The van der Waals surface area contributed by atoms with E-state index in [1.165, 1.54) is 0 Å². The molecule has 0 radical (unpaired) electrons. The van der Waals surface area contributed by atoms with Crippen LogP contribution in [0.1, 0.15) is 0 Å². The summed E-state index contributed by atoms with van der Waals surface area (Å²) in [6, 6.07) is 11.8. The van der Waals surface area contributed by atoms with E-state index in [0.717, 1.165) is 27.7 Å². The van der Waals surface area contributed by atoms with Gasteiger partial charge in [-0.1, -0.05) is 12.1 Å². The second kappa shape index (κ2) is 4.93. The molecule has 0 aliphatic rings. The lowest BCUT2D eigenvalue weighted by Gasteiger charge is -2.00. The molecule has 0 saturated heterocycles. The van der Waals surface area contributed by atoms with E-state index < -0.39 is 0 Å². The van der Waals surface area contributed by atoms with Gasteiger partial charge in [-0.3, -0.25) is 0 Å². The van der Waals surface area contributed by atoms with E-state index in [4.69, 9.17) is 4.74 Å². The minimum atomic E-state index is 0.826. The molecule has 3 aromatic rings. The molecule has 1 aromatic carbocycles. The monoisotopic (exact) mass is 271 g/mol. The number of imidazole rings is 1. The van der Waals surface area contributed by atoms with Crippen molar-refractivity contribution in [1.29, 1.82) is 0 Å². The summed E-state index contributed by atoms with van der Waals surface area (Å²) in [4.78, 5) is 4.57. The van der Waals surface area contributed by atoms with Crippen LogP contribution in [0, 0.1) is 0 Å². The predicted octanol–water partition coefficient (Wildman–Crippen LogP) is 3.13. The maximum Gasteiger partial charge on any atom is 0.154 e. The molecule has 5 heteroatoms. The fourth-order valence-electron chi connectivity index (χ4n) is 1.89. The van der Waals surface area contributed by atoms with Gasteiger partial charge in [0.25, 0.3) is 0 Å². The molecule has 4 nitrogen and oxygen atoms in total. The van der Waals surface area contributed by atoms with Crippen molar-refractivity contribution in [1.82, 2.24) is 14.6 Å². The van der Waals surface area contributed by atoms with Crippen LogP contribution >= 0.6 is 11.8 Å². The highest BCUT2D eigenvalue weighted by Gasteiger charge is 2.06. The molecule has 3 rings (SSSR count). The molecule has 0 unspecified atom stereocenters. The average Bonchev–Trinajstić information content (AvgIpc) is 2.90. The molecule has 0 atom stereocenters. The summed E-state index contributed by atoms with van der Waals surface area (Å²) in [6.07, 6.45) is 3.94. The Bertz CT molecular complexity index is 724. The van der Waals surface area contributed by atoms with Crippen LogP contribution in [0.4, 0.5) is 0 Å². The first-order chi connectivity index (χ1) is 9.30. The first kappa shape index (κ1) is 12.0. The number of methoxy groups -OCH3 is 1. The minimum absolute atomic E-state index is 0.826. The lowest BCUT2D eigenvalue weighted by Crippen LogP contribution is -1.90. The van der Waals surface area contributed by atoms with Crippen molar-refractivity contribution in [3.8, 4) is 17.0 Å². The fourth-order valence-corrected chi connectivity index (χ4v) is 2.27. The minimum Gasteiger partial charge on any atom is -0.497 e. The van der Waals surface area contributed by atoms with E-state index in [0.29, 0.717) is 0 Å². The van der Waals surface area contributed by atoms with Crippen LogP contribution in [0.25, 0.3) is 16.9 Å². The van der Waals surface area contributed by atoms with E-state index in [2.05, 4.69) is 10.1 Å². The van der Waals surface area contributed by atoms with E-state index >= 15 is 0 Å². The number of rotatable bonds is 3. The molecule has 2 aromatic heterocycles. The summed E-state index contributed by atoms with van der Waals surface area (Å²) in [5, 5.41) is 5.44. The van der Waals surface area contributed by atoms with Crippen molar-refractivity contribution in [3.63, 3.8) is 0 Å². The van der Waals surface area contributed by atoms with E-state index in [1.807, 2.05) is 48.9 Å². The van der Waals surface area contributed by atoms with Gasteiger partial charge in [-0.2, -0.15) is 5.10 Å². The number of aromatic nitrogens is 3. The molecule has 0 aliphatic carbocycles.